The standard InChI is InChI=1S/C16H10ClN5O6/c17-12-4-1-9(5-14(12)22(27)28)19-15(23)7-20-8-18-13-6-10(21(25)26)2-3-11(13)16(20)24/h1-6,8H,7H2,(H,19,23). The summed E-state index contributed by atoms with van der Waals surface area (Å²) in [7, 11) is 0. The molecule has 0 bridgehead atoms. The van der Waals surface area contributed by atoms with E-state index in [4.69, 9.17) is 11.6 Å². The van der Waals surface area contributed by atoms with E-state index in [1.165, 1.54) is 24.3 Å². The number of nitro benzene ring substituents is 2. The van der Waals surface area contributed by atoms with Gasteiger partial charge in [0.05, 0.1) is 27.1 Å². The number of non-ortho nitro benzene ring substituents is 1. The third-order valence-corrected chi connectivity index (χ3v) is 4.08. The molecule has 28 heavy (non-hydrogen) atoms. The first-order valence-electron chi connectivity index (χ1n) is 7.63. The van der Waals surface area contributed by atoms with E-state index in [-0.39, 0.29) is 33.0 Å². The molecule has 1 heterocycles. The van der Waals surface area contributed by atoms with Gasteiger partial charge >= 0.3 is 0 Å². The van der Waals surface area contributed by atoms with Crippen LogP contribution in [0.2, 0.25) is 5.02 Å². The zero-order valence-electron chi connectivity index (χ0n) is 13.9. The van der Waals surface area contributed by atoms with Crippen LogP contribution in [0.25, 0.3) is 10.9 Å². The van der Waals surface area contributed by atoms with Gasteiger partial charge in [-0.2, -0.15) is 0 Å². The topological polar surface area (TPSA) is 150 Å². The lowest BCUT2D eigenvalue weighted by atomic mass is 10.2. The summed E-state index contributed by atoms with van der Waals surface area (Å²) in [6.45, 7) is -0.408. The first-order chi connectivity index (χ1) is 13.3. The zero-order chi connectivity index (χ0) is 20.4. The van der Waals surface area contributed by atoms with Crippen LogP contribution in [0.4, 0.5) is 17.1 Å². The number of aromatic nitrogens is 2. The van der Waals surface area contributed by atoms with E-state index < -0.39 is 27.9 Å². The maximum Gasteiger partial charge on any atom is 0.289 e. The monoisotopic (exact) mass is 403 g/mol. The van der Waals surface area contributed by atoms with Gasteiger partial charge in [0.15, 0.2) is 0 Å². The Labute approximate surface area is 160 Å². The number of nitrogens with one attached hydrogen (secondary N) is 1. The van der Waals surface area contributed by atoms with Gasteiger partial charge < -0.3 is 5.32 Å². The molecule has 12 heteroatoms. The molecule has 0 radical (unpaired) electrons. The van der Waals surface area contributed by atoms with Gasteiger partial charge in [-0.1, -0.05) is 11.6 Å². The predicted molar refractivity (Wildman–Crippen MR) is 99.4 cm³/mol. The van der Waals surface area contributed by atoms with Crippen LogP contribution in [0.3, 0.4) is 0 Å². The van der Waals surface area contributed by atoms with Crippen LogP contribution in [0.1, 0.15) is 0 Å². The molecule has 0 fully saturated rings. The van der Waals surface area contributed by atoms with E-state index in [2.05, 4.69) is 10.3 Å². The number of anilines is 1. The lowest BCUT2D eigenvalue weighted by molar-refractivity contribution is -0.384. The molecule has 2 aromatic carbocycles. The van der Waals surface area contributed by atoms with E-state index in [9.17, 15) is 29.8 Å². The number of rotatable bonds is 5. The van der Waals surface area contributed by atoms with Crippen molar-refractivity contribution in [3.8, 4) is 0 Å². The fraction of sp³-hybridized carbons (Fsp3) is 0.0625. The molecule has 3 rings (SSSR count). The number of carbonyl (C=O) groups excluding carboxylic acids is 1. The highest BCUT2D eigenvalue weighted by Crippen LogP contribution is 2.27. The van der Waals surface area contributed by atoms with Gasteiger partial charge in [0, 0.05) is 23.9 Å². The van der Waals surface area contributed by atoms with Crippen molar-refractivity contribution < 1.29 is 14.6 Å². The molecule has 142 valence electrons. The number of halogens is 1. The minimum absolute atomic E-state index is 0.0768. The molecule has 0 aliphatic rings. The normalized spacial score (nSPS) is 10.6. The van der Waals surface area contributed by atoms with Gasteiger partial charge in [-0.05, 0) is 18.2 Å². The Bertz CT molecular complexity index is 1190. The smallest absolute Gasteiger partial charge is 0.289 e. The summed E-state index contributed by atoms with van der Waals surface area (Å²) < 4.78 is 1.02. The molecule has 0 aliphatic carbocycles. The summed E-state index contributed by atoms with van der Waals surface area (Å²) in [6, 6.07) is 7.34. The van der Waals surface area contributed by atoms with E-state index in [0.717, 1.165) is 23.0 Å². The number of benzene rings is 2. The minimum atomic E-state index is -0.686. The molecule has 1 N–H and O–H groups in total. The molecule has 0 spiro atoms. The SMILES string of the molecule is O=C(Cn1cnc2cc([N+](=O)[O-])ccc2c1=O)Nc1ccc(Cl)c([N+](=O)[O-])c1. The van der Waals surface area contributed by atoms with Crippen molar-refractivity contribution in [3.63, 3.8) is 0 Å². The Morgan fingerprint density at radius 3 is 2.57 bits per heavy atom. The van der Waals surface area contributed by atoms with Crippen molar-refractivity contribution in [1.82, 2.24) is 9.55 Å². The van der Waals surface area contributed by atoms with Crippen molar-refractivity contribution in [2.75, 3.05) is 5.32 Å². The van der Waals surface area contributed by atoms with Crippen molar-refractivity contribution in [1.29, 1.82) is 0 Å². The summed E-state index contributed by atoms with van der Waals surface area (Å²) in [4.78, 5) is 49.0. The van der Waals surface area contributed by atoms with Crippen LogP contribution in [0, 0.1) is 20.2 Å². The molecular formula is C16H10ClN5O6. The highest BCUT2D eigenvalue weighted by Gasteiger charge is 2.15. The first-order valence-corrected chi connectivity index (χ1v) is 8.01. The quantitative estimate of drug-likeness (QED) is 0.507. The maximum atomic E-state index is 12.5. The maximum absolute atomic E-state index is 12.5. The highest BCUT2D eigenvalue weighted by atomic mass is 35.5. The van der Waals surface area contributed by atoms with Gasteiger partial charge in [-0.25, -0.2) is 4.98 Å². The van der Waals surface area contributed by atoms with Crippen LogP contribution in [-0.2, 0) is 11.3 Å². The van der Waals surface area contributed by atoms with Gasteiger partial charge in [-0.3, -0.25) is 34.4 Å². The highest BCUT2D eigenvalue weighted by molar-refractivity contribution is 6.32. The van der Waals surface area contributed by atoms with Gasteiger partial charge in [-0.15, -0.1) is 0 Å². The van der Waals surface area contributed by atoms with Crippen molar-refractivity contribution in [2.45, 2.75) is 6.54 Å². The van der Waals surface area contributed by atoms with Gasteiger partial charge in [0.2, 0.25) is 5.91 Å². The van der Waals surface area contributed by atoms with E-state index in [1.54, 1.807) is 0 Å². The van der Waals surface area contributed by atoms with E-state index >= 15 is 0 Å². The van der Waals surface area contributed by atoms with Crippen LogP contribution < -0.4 is 10.9 Å². The Morgan fingerprint density at radius 1 is 1.14 bits per heavy atom. The van der Waals surface area contributed by atoms with E-state index in [1.807, 2.05) is 0 Å². The summed E-state index contributed by atoms with van der Waals surface area (Å²) in [6.07, 6.45) is 1.10. The number of nitro groups is 2. The first kappa shape index (κ1) is 18.9. The zero-order valence-corrected chi connectivity index (χ0v) is 14.6. The fourth-order valence-corrected chi connectivity index (χ4v) is 2.65. The average Bonchev–Trinajstić information content (AvgIpc) is 2.65. The Morgan fingerprint density at radius 2 is 1.89 bits per heavy atom. The lowest BCUT2D eigenvalue weighted by Crippen LogP contribution is -2.27. The second kappa shape index (κ2) is 7.40. The minimum Gasteiger partial charge on any atom is -0.324 e. The van der Waals surface area contributed by atoms with Crippen LogP contribution in [0.15, 0.2) is 47.5 Å². The van der Waals surface area contributed by atoms with Crippen LogP contribution in [-0.4, -0.2) is 25.3 Å². The second-order valence-electron chi connectivity index (χ2n) is 5.61. The van der Waals surface area contributed by atoms with Crippen molar-refractivity contribution >= 4 is 45.5 Å². The molecule has 1 aromatic heterocycles. The Balaban J connectivity index is 1.83. The number of amides is 1. The molecule has 0 aliphatic heterocycles. The second-order valence-corrected chi connectivity index (χ2v) is 6.01. The molecule has 0 unspecified atom stereocenters. The molecule has 11 nitrogen and oxygen atoms in total. The summed E-state index contributed by atoms with van der Waals surface area (Å²) >= 11 is 5.71. The largest absolute Gasteiger partial charge is 0.324 e. The lowest BCUT2D eigenvalue weighted by Gasteiger charge is -2.08. The third kappa shape index (κ3) is 3.78. The van der Waals surface area contributed by atoms with Crippen LogP contribution in [0.5, 0.6) is 0 Å². The summed E-state index contributed by atoms with van der Waals surface area (Å²) in [5.41, 5.74) is -0.871. The van der Waals surface area contributed by atoms with Crippen LogP contribution >= 0.6 is 11.6 Å². The van der Waals surface area contributed by atoms with Gasteiger partial charge in [0.1, 0.15) is 11.6 Å². The molecule has 3 aromatic rings. The Hall–Kier alpha value is -3.86. The number of carbonyl (C=O) groups is 1. The van der Waals surface area contributed by atoms with Gasteiger partial charge in [0.25, 0.3) is 16.9 Å². The van der Waals surface area contributed by atoms with Crippen molar-refractivity contribution in [2.24, 2.45) is 0 Å². The van der Waals surface area contributed by atoms with Crippen molar-refractivity contribution in [3.05, 3.63) is 78.3 Å². The predicted octanol–water partition coefficient (Wildman–Crippen LogP) is 2.50. The summed E-state index contributed by atoms with van der Waals surface area (Å²) in [5, 5.41) is 24.2. The fourth-order valence-electron chi connectivity index (χ4n) is 2.46. The number of fused-ring (bicyclic) bond motifs is 1. The molecule has 0 saturated heterocycles. The molecule has 0 saturated carbocycles. The molecular weight excluding hydrogens is 394 g/mol. The Kier molecular flexibility index (Phi) is 5.00. The number of hydrogen-bond donors (Lipinski definition) is 1. The molecule has 1 amide bonds. The summed E-state index contributed by atoms with van der Waals surface area (Å²) in [5.74, 6) is -0.623. The number of nitrogens with zero attached hydrogens (tertiary/aromatic N) is 4. The number of hydrogen-bond acceptors (Lipinski definition) is 7. The average molecular weight is 404 g/mol. The molecule has 0 atom stereocenters. The third-order valence-electron chi connectivity index (χ3n) is 3.76. The van der Waals surface area contributed by atoms with E-state index in [0.29, 0.717) is 0 Å².